The second kappa shape index (κ2) is 5.05. The first kappa shape index (κ1) is 13.6. The SMILES string of the molecule is COC(=O)C1(C(=O)OC)CC1=Cc1ccc(Cl)cc1. The van der Waals surface area contributed by atoms with Gasteiger partial charge in [-0.3, -0.25) is 9.59 Å². The lowest BCUT2D eigenvalue weighted by Gasteiger charge is -2.09. The van der Waals surface area contributed by atoms with Crippen molar-refractivity contribution in [1.29, 1.82) is 0 Å². The van der Waals surface area contributed by atoms with Crippen molar-refractivity contribution in [3.05, 3.63) is 40.4 Å². The van der Waals surface area contributed by atoms with Gasteiger partial charge in [0.1, 0.15) is 0 Å². The van der Waals surface area contributed by atoms with Crippen LogP contribution in [0.15, 0.2) is 29.8 Å². The maximum Gasteiger partial charge on any atom is 0.327 e. The minimum absolute atomic E-state index is 0.328. The van der Waals surface area contributed by atoms with Crippen LogP contribution in [0.5, 0.6) is 0 Å². The van der Waals surface area contributed by atoms with Gasteiger partial charge in [0.15, 0.2) is 5.41 Å². The van der Waals surface area contributed by atoms with E-state index in [1.807, 2.05) is 12.1 Å². The molecule has 0 radical (unpaired) electrons. The summed E-state index contributed by atoms with van der Waals surface area (Å²) in [6.45, 7) is 0. The van der Waals surface area contributed by atoms with Gasteiger partial charge in [-0.15, -0.1) is 0 Å². The second-order valence-electron chi connectivity index (χ2n) is 4.29. The molecular weight excluding hydrogens is 268 g/mol. The van der Waals surface area contributed by atoms with Crippen LogP contribution < -0.4 is 0 Å². The van der Waals surface area contributed by atoms with Gasteiger partial charge in [-0.25, -0.2) is 0 Å². The number of carbonyl (C=O) groups is 2. The first-order valence-corrected chi connectivity index (χ1v) is 6.06. The number of carbonyl (C=O) groups excluding carboxylic acids is 2. The summed E-state index contributed by atoms with van der Waals surface area (Å²) in [4.78, 5) is 23.5. The maximum absolute atomic E-state index is 11.8. The topological polar surface area (TPSA) is 52.6 Å². The molecule has 1 aromatic carbocycles. The fourth-order valence-corrected chi connectivity index (χ4v) is 2.14. The minimum Gasteiger partial charge on any atom is -0.468 e. The van der Waals surface area contributed by atoms with Crippen LogP contribution >= 0.6 is 11.6 Å². The van der Waals surface area contributed by atoms with Crippen molar-refractivity contribution in [2.24, 2.45) is 5.41 Å². The van der Waals surface area contributed by atoms with Crippen LogP contribution in [-0.2, 0) is 19.1 Å². The molecule has 0 aliphatic heterocycles. The van der Waals surface area contributed by atoms with Gasteiger partial charge in [0.05, 0.1) is 14.2 Å². The lowest BCUT2D eigenvalue weighted by atomic mass is 10.1. The Morgan fingerprint density at radius 1 is 1.16 bits per heavy atom. The van der Waals surface area contributed by atoms with Crippen molar-refractivity contribution in [1.82, 2.24) is 0 Å². The summed E-state index contributed by atoms with van der Waals surface area (Å²) in [6, 6.07) is 7.11. The predicted molar refractivity (Wildman–Crippen MR) is 70.5 cm³/mol. The van der Waals surface area contributed by atoms with Gasteiger partial charge >= 0.3 is 11.9 Å². The number of methoxy groups -OCH3 is 2. The summed E-state index contributed by atoms with van der Waals surface area (Å²) in [5, 5.41) is 0.630. The quantitative estimate of drug-likeness (QED) is 0.630. The molecule has 0 unspecified atom stereocenters. The Bertz CT molecular complexity index is 529. The van der Waals surface area contributed by atoms with E-state index >= 15 is 0 Å². The summed E-state index contributed by atoms with van der Waals surface area (Å²) in [5.41, 5.74) is 0.297. The normalized spacial score (nSPS) is 17.9. The van der Waals surface area contributed by atoms with E-state index in [9.17, 15) is 9.59 Å². The zero-order valence-corrected chi connectivity index (χ0v) is 11.4. The Balaban J connectivity index is 2.30. The highest BCUT2D eigenvalue weighted by molar-refractivity contribution is 6.30. The van der Waals surface area contributed by atoms with Crippen molar-refractivity contribution in [2.75, 3.05) is 14.2 Å². The Morgan fingerprint density at radius 3 is 2.16 bits per heavy atom. The molecule has 1 aliphatic rings. The zero-order valence-electron chi connectivity index (χ0n) is 10.6. The van der Waals surface area contributed by atoms with Crippen molar-refractivity contribution in [3.63, 3.8) is 0 Å². The third-order valence-electron chi connectivity index (χ3n) is 3.16. The number of benzene rings is 1. The molecule has 100 valence electrons. The summed E-state index contributed by atoms with van der Waals surface area (Å²) in [7, 11) is 2.51. The predicted octanol–water partition coefficient (Wildman–Crippen LogP) is 2.46. The largest absolute Gasteiger partial charge is 0.468 e. The first-order valence-electron chi connectivity index (χ1n) is 5.68. The number of ether oxygens (including phenoxy) is 2. The molecule has 0 spiro atoms. The summed E-state index contributed by atoms with van der Waals surface area (Å²) >= 11 is 5.80. The van der Waals surface area contributed by atoms with Crippen LogP contribution in [0.25, 0.3) is 6.08 Å². The van der Waals surface area contributed by atoms with Gasteiger partial charge in [-0.05, 0) is 23.3 Å². The van der Waals surface area contributed by atoms with Crippen LogP contribution in [0, 0.1) is 5.41 Å². The Kier molecular flexibility index (Phi) is 3.62. The molecular formula is C14H13ClO4. The van der Waals surface area contributed by atoms with Gasteiger partial charge in [-0.1, -0.05) is 29.8 Å². The standard InChI is InChI=1S/C14H13ClO4/c1-18-12(16)14(13(17)19-2)8-10(14)7-9-3-5-11(15)6-4-9/h3-7H,8H2,1-2H3. The highest BCUT2D eigenvalue weighted by Gasteiger charge is 2.64. The smallest absolute Gasteiger partial charge is 0.327 e. The van der Waals surface area contributed by atoms with E-state index in [0.717, 1.165) is 5.56 Å². The Labute approximate surface area is 116 Å². The average molecular weight is 281 g/mol. The second-order valence-corrected chi connectivity index (χ2v) is 4.72. The fourth-order valence-electron chi connectivity index (χ4n) is 2.01. The molecule has 4 nitrogen and oxygen atoms in total. The van der Waals surface area contributed by atoms with Crippen molar-refractivity contribution in [2.45, 2.75) is 6.42 Å². The molecule has 0 amide bonds. The fraction of sp³-hybridized carbons (Fsp3) is 0.286. The van der Waals surface area contributed by atoms with Crippen molar-refractivity contribution >= 4 is 29.6 Å². The third kappa shape index (κ3) is 2.36. The molecule has 1 saturated carbocycles. The zero-order chi connectivity index (χ0) is 14.0. The van der Waals surface area contributed by atoms with Gasteiger partial charge in [-0.2, -0.15) is 0 Å². The molecule has 1 aliphatic carbocycles. The molecule has 0 heterocycles. The lowest BCUT2D eigenvalue weighted by Crippen LogP contribution is -2.28. The number of hydrogen-bond donors (Lipinski definition) is 0. The number of esters is 2. The molecule has 1 fully saturated rings. The molecule has 0 bridgehead atoms. The van der Waals surface area contributed by atoms with E-state index in [2.05, 4.69) is 9.47 Å². The molecule has 1 aromatic rings. The van der Waals surface area contributed by atoms with Gasteiger partial charge in [0, 0.05) is 11.4 Å². The van der Waals surface area contributed by atoms with Crippen molar-refractivity contribution in [3.8, 4) is 0 Å². The molecule has 2 rings (SSSR count). The summed E-state index contributed by atoms with van der Waals surface area (Å²) in [5.74, 6) is -1.17. The highest BCUT2D eigenvalue weighted by Crippen LogP contribution is 2.54. The number of halogens is 1. The van der Waals surface area contributed by atoms with E-state index in [4.69, 9.17) is 11.6 Å². The number of hydrogen-bond acceptors (Lipinski definition) is 4. The van der Waals surface area contributed by atoms with Crippen LogP contribution in [0.3, 0.4) is 0 Å². The summed E-state index contributed by atoms with van der Waals surface area (Å²) < 4.78 is 9.37. The van der Waals surface area contributed by atoms with E-state index in [1.54, 1.807) is 18.2 Å². The van der Waals surface area contributed by atoms with Crippen LogP contribution in [0.4, 0.5) is 0 Å². The molecule has 0 saturated heterocycles. The Hall–Kier alpha value is -1.81. The monoisotopic (exact) mass is 280 g/mol. The third-order valence-corrected chi connectivity index (χ3v) is 3.41. The van der Waals surface area contributed by atoms with E-state index < -0.39 is 17.4 Å². The minimum atomic E-state index is -1.26. The molecule has 0 aromatic heterocycles. The Morgan fingerprint density at radius 2 is 1.68 bits per heavy atom. The first-order chi connectivity index (χ1) is 9.04. The average Bonchev–Trinajstić information content (AvgIpc) is 3.15. The molecule has 0 atom stereocenters. The molecule has 5 heteroatoms. The van der Waals surface area contributed by atoms with Crippen LogP contribution in [0.2, 0.25) is 5.02 Å². The molecule has 0 N–H and O–H groups in total. The van der Waals surface area contributed by atoms with E-state index in [0.29, 0.717) is 17.0 Å². The van der Waals surface area contributed by atoms with E-state index in [1.165, 1.54) is 14.2 Å². The van der Waals surface area contributed by atoms with Gasteiger partial charge in [0.25, 0.3) is 0 Å². The molecule has 19 heavy (non-hydrogen) atoms. The van der Waals surface area contributed by atoms with Gasteiger partial charge in [0.2, 0.25) is 0 Å². The maximum atomic E-state index is 11.8. The van der Waals surface area contributed by atoms with E-state index in [-0.39, 0.29) is 0 Å². The van der Waals surface area contributed by atoms with Crippen LogP contribution in [0.1, 0.15) is 12.0 Å². The van der Waals surface area contributed by atoms with Crippen LogP contribution in [-0.4, -0.2) is 26.2 Å². The lowest BCUT2D eigenvalue weighted by molar-refractivity contribution is -0.160. The number of rotatable bonds is 3. The summed E-state index contributed by atoms with van der Waals surface area (Å²) in [6.07, 6.45) is 2.11. The highest BCUT2D eigenvalue weighted by atomic mass is 35.5. The van der Waals surface area contributed by atoms with Crippen molar-refractivity contribution < 1.29 is 19.1 Å². The van der Waals surface area contributed by atoms with Gasteiger partial charge < -0.3 is 9.47 Å².